The second kappa shape index (κ2) is 9.30. The number of benzene rings is 2. The highest BCUT2D eigenvalue weighted by atomic mass is 19.3. The fourth-order valence-electron chi connectivity index (χ4n) is 4.24. The minimum absolute atomic E-state index is 0.0843. The van der Waals surface area contributed by atoms with E-state index in [9.17, 15) is 8.78 Å². The van der Waals surface area contributed by atoms with Crippen molar-refractivity contribution in [2.75, 3.05) is 0 Å². The lowest BCUT2D eigenvalue weighted by atomic mass is 9.77. The van der Waals surface area contributed by atoms with Crippen LogP contribution in [0, 0.1) is 5.92 Å². The molecule has 0 bridgehead atoms. The van der Waals surface area contributed by atoms with Gasteiger partial charge in [-0.1, -0.05) is 81.1 Å². The van der Waals surface area contributed by atoms with Gasteiger partial charge in [0.15, 0.2) is 0 Å². The maximum absolute atomic E-state index is 12.7. The summed E-state index contributed by atoms with van der Waals surface area (Å²) in [5.41, 5.74) is 3.62. The molecule has 1 saturated carbocycles. The van der Waals surface area contributed by atoms with E-state index in [1.165, 1.54) is 69.1 Å². The van der Waals surface area contributed by atoms with Crippen LogP contribution < -0.4 is 0 Å². The molecule has 0 heterocycles. The summed E-state index contributed by atoms with van der Waals surface area (Å²) in [6.07, 6.45) is 8.43. The number of halogens is 2. The van der Waals surface area contributed by atoms with Crippen molar-refractivity contribution < 1.29 is 8.78 Å². The average molecular weight is 357 g/mol. The molecule has 1 aliphatic carbocycles. The summed E-state index contributed by atoms with van der Waals surface area (Å²) in [5.74, 6) is 1.62. The molecule has 26 heavy (non-hydrogen) atoms. The fraction of sp³-hybridized carbons (Fsp3) is 0.500. The van der Waals surface area contributed by atoms with Gasteiger partial charge in [0, 0.05) is 5.56 Å². The summed E-state index contributed by atoms with van der Waals surface area (Å²) in [7, 11) is 0. The second-order valence-corrected chi connectivity index (χ2v) is 7.76. The van der Waals surface area contributed by atoms with Crippen LogP contribution in [0.25, 0.3) is 11.1 Å². The molecule has 0 radical (unpaired) electrons. The minimum Gasteiger partial charge on any atom is -0.205 e. The third-order valence-electron chi connectivity index (χ3n) is 5.94. The molecule has 140 valence electrons. The number of hydrogen-bond donors (Lipinski definition) is 0. The fourth-order valence-corrected chi connectivity index (χ4v) is 4.24. The molecule has 2 heteroatoms. The standard InChI is InChI=1S/C24H30F2/c1-2-3-4-5-18-6-8-19(9-7-18)20-10-12-21(13-11-20)22-14-16-23(17-15-22)24(25)26/h10-19,24H,2-9H2,1H3. The number of hydrogen-bond acceptors (Lipinski definition) is 0. The van der Waals surface area contributed by atoms with Gasteiger partial charge in [0.1, 0.15) is 0 Å². The summed E-state index contributed by atoms with van der Waals surface area (Å²) in [6.45, 7) is 2.27. The molecule has 3 rings (SSSR count). The lowest BCUT2D eigenvalue weighted by Crippen LogP contribution is -2.13. The molecule has 0 aliphatic heterocycles. The lowest BCUT2D eigenvalue weighted by Gasteiger charge is -2.29. The first-order valence-electron chi connectivity index (χ1n) is 10.2. The molecule has 0 nitrogen and oxygen atoms in total. The highest BCUT2D eigenvalue weighted by Gasteiger charge is 2.22. The Kier molecular flexibility index (Phi) is 6.82. The van der Waals surface area contributed by atoms with Crippen LogP contribution in [0.1, 0.15) is 81.8 Å². The van der Waals surface area contributed by atoms with Crippen LogP contribution in [0.4, 0.5) is 8.78 Å². The zero-order chi connectivity index (χ0) is 18.4. The molecule has 0 amide bonds. The van der Waals surface area contributed by atoms with E-state index in [1.54, 1.807) is 12.1 Å². The molecule has 2 aromatic carbocycles. The minimum atomic E-state index is -2.40. The SMILES string of the molecule is CCCCCC1CCC(c2ccc(-c3ccc(C(F)F)cc3)cc2)CC1. The van der Waals surface area contributed by atoms with Gasteiger partial charge >= 0.3 is 0 Å². The van der Waals surface area contributed by atoms with E-state index in [-0.39, 0.29) is 5.56 Å². The summed E-state index contributed by atoms with van der Waals surface area (Å²) >= 11 is 0. The number of rotatable bonds is 7. The van der Waals surface area contributed by atoms with Crippen LogP contribution in [0.2, 0.25) is 0 Å². The van der Waals surface area contributed by atoms with Gasteiger partial charge in [0.05, 0.1) is 0 Å². The Morgan fingerprint density at radius 3 is 1.92 bits per heavy atom. The molecule has 1 aliphatic rings. The van der Waals surface area contributed by atoms with Crippen LogP contribution in [0.3, 0.4) is 0 Å². The molecule has 2 aromatic rings. The predicted molar refractivity (Wildman–Crippen MR) is 106 cm³/mol. The molecule has 0 aromatic heterocycles. The van der Waals surface area contributed by atoms with Crippen molar-refractivity contribution in [1.82, 2.24) is 0 Å². The van der Waals surface area contributed by atoms with E-state index in [0.717, 1.165) is 17.0 Å². The molecule has 0 saturated heterocycles. The van der Waals surface area contributed by atoms with Crippen molar-refractivity contribution in [3.8, 4) is 11.1 Å². The summed E-state index contributed by atoms with van der Waals surface area (Å²) in [6, 6.07) is 15.4. The van der Waals surface area contributed by atoms with Crippen LogP contribution in [-0.4, -0.2) is 0 Å². The van der Waals surface area contributed by atoms with Gasteiger partial charge < -0.3 is 0 Å². The van der Waals surface area contributed by atoms with Crippen LogP contribution in [0.15, 0.2) is 48.5 Å². The second-order valence-electron chi connectivity index (χ2n) is 7.76. The Balaban J connectivity index is 1.56. The summed E-state index contributed by atoms with van der Waals surface area (Å²) < 4.78 is 25.3. The Bertz CT molecular complexity index is 650. The Morgan fingerprint density at radius 2 is 1.38 bits per heavy atom. The first-order chi connectivity index (χ1) is 12.7. The Morgan fingerprint density at radius 1 is 0.808 bits per heavy atom. The van der Waals surface area contributed by atoms with E-state index in [1.807, 2.05) is 0 Å². The third kappa shape index (κ3) is 4.93. The maximum atomic E-state index is 12.7. The van der Waals surface area contributed by atoms with Gasteiger partial charge in [-0.2, -0.15) is 0 Å². The van der Waals surface area contributed by atoms with Crippen LogP contribution >= 0.6 is 0 Å². The van der Waals surface area contributed by atoms with Gasteiger partial charge in [-0.05, 0) is 54.2 Å². The predicted octanol–water partition coefficient (Wildman–Crippen LogP) is 8.15. The van der Waals surface area contributed by atoms with E-state index in [0.29, 0.717) is 5.92 Å². The van der Waals surface area contributed by atoms with Crippen molar-refractivity contribution in [2.24, 2.45) is 5.92 Å². The summed E-state index contributed by atoms with van der Waals surface area (Å²) in [5, 5.41) is 0. The van der Waals surface area contributed by atoms with Crippen molar-refractivity contribution in [3.63, 3.8) is 0 Å². The van der Waals surface area contributed by atoms with Crippen molar-refractivity contribution >= 4 is 0 Å². The number of unbranched alkanes of at least 4 members (excludes halogenated alkanes) is 2. The summed E-state index contributed by atoms with van der Waals surface area (Å²) in [4.78, 5) is 0. The molecule has 1 fully saturated rings. The number of alkyl halides is 2. The monoisotopic (exact) mass is 356 g/mol. The first kappa shape index (κ1) is 19.1. The Labute approximate surface area is 156 Å². The molecular formula is C24H30F2. The van der Waals surface area contributed by atoms with Crippen LogP contribution in [-0.2, 0) is 0 Å². The van der Waals surface area contributed by atoms with E-state index in [4.69, 9.17) is 0 Å². The molecular weight excluding hydrogens is 326 g/mol. The molecule has 0 spiro atoms. The highest BCUT2D eigenvalue weighted by molar-refractivity contribution is 5.64. The normalized spacial score (nSPS) is 20.5. The Hall–Kier alpha value is -1.70. The quantitative estimate of drug-likeness (QED) is 0.439. The molecule has 0 N–H and O–H groups in total. The zero-order valence-electron chi connectivity index (χ0n) is 15.8. The highest BCUT2D eigenvalue weighted by Crippen LogP contribution is 2.38. The van der Waals surface area contributed by atoms with Crippen molar-refractivity contribution in [3.05, 3.63) is 59.7 Å². The largest absolute Gasteiger partial charge is 0.263 e. The van der Waals surface area contributed by atoms with Gasteiger partial charge in [-0.25, -0.2) is 8.78 Å². The van der Waals surface area contributed by atoms with Gasteiger partial charge in [-0.15, -0.1) is 0 Å². The average Bonchev–Trinajstić information content (AvgIpc) is 2.69. The van der Waals surface area contributed by atoms with Gasteiger partial charge in [0.25, 0.3) is 6.43 Å². The molecule has 0 atom stereocenters. The van der Waals surface area contributed by atoms with E-state index >= 15 is 0 Å². The topological polar surface area (TPSA) is 0 Å². The molecule has 0 unspecified atom stereocenters. The van der Waals surface area contributed by atoms with E-state index in [2.05, 4.69) is 31.2 Å². The van der Waals surface area contributed by atoms with Crippen LogP contribution in [0.5, 0.6) is 0 Å². The van der Waals surface area contributed by atoms with Gasteiger partial charge in [-0.3, -0.25) is 0 Å². The first-order valence-corrected chi connectivity index (χ1v) is 10.2. The van der Waals surface area contributed by atoms with E-state index < -0.39 is 6.43 Å². The lowest BCUT2D eigenvalue weighted by molar-refractivity contribution is 0.151. The third-order valence-corrected chi connectivity index (χ3v) is 5.94. The maximum Gasteiger partial charge on any atom is 0.263 e. The zero-order valence-corrected chi connectivity index (χ0v) is 15.8. The smallest absolute Gasteiger partial charge is 0.205 e. The van der Waals surface area contributed by atoms with Crippen molar-refractivity contribution in [2.45, 2.75) is 70.6 Å². The van der Waals surface area contributed by atoms with Crippen molar-refractivity contribution in [1.29, 1.82) is 0 Å². The van der Waals surface area contributed by atoms with Gasteiger partial charge in [0.2, 0.25) is 0 Å².